The highest BCUT2D eigenvalue weighted by Crippen LogP contribution is 2.32. The van der Waals surface area contributed by atoms with Gasteiger partial charge in [0.25, 0.3) is 0 Å². The molecule has 0 spiro atoms. The van der Waals surface area contributed by atoms with Gasteiger partial charge in [-0.3, -0.25) is 0 Å². The molecule has 1 aliphatic rings. The average Bonchev–Trinajstić information content (AvgIpc) is 2.91. The number of hydrogen-bond donors (Lipinski definition) is 1. The monoisotopic (exact) mass is 235 g/mol. The summed E-state index contributed by atoms with van der Waals surface area (Å²) < 4.78 is 26.6. The largest absolute Gasteiger partial charge is 0.381 e. The maximum absolute atomic E-state index is 10.6. The molecule has 0 aliphatic heterocycles. The maximum atomic E-state index is 10.6. The van der Waals surface area contributed by atoms with Crippen molar-refractivity contribution in [2.45, 2.75) is 38.5 Å². The zero-order valence-corrected chi connectivity index (χ0v) is 9.97. The summed E-state index contributed by atoms with van der Waals surface area (Å²) in [6, 6.07) is 0. The van der Waals surface area contributed by atoms with Crippen LogP contribution in [0.4, 0.5) is 0 Å². The van der Waals surface area contributed by atoms with Gasteiger partial charge < -0.3 is 4.74 Å². The fourth-order valence-corrected chi connectivity index (χ4v) is 2.05. The molecule has 4 nitrogen and oxygen atoms in total. The van der Waals surface area contributed by atoms with Crippen LogP contribution < -0.4 is 5.14 Å². The van der Waals surface area contributed by atoms with E-state index in [1.54, 1.807) is 0 Å². The van der Waals surface area contributed by atoms with Gasteiger partial charge in [0.15, 0.2) is 0 Å². The summed E-state index contributed by atoms with van der Waals surface area (Å²) in [6.07, 6.45) is 6.39. The van der Waals surface area contributed by atoms with Crippen LogP contribution in [0, 0.1) is 5.92 Å². The van der Waals surface area contributed by atoms with Crippen molar-refractivity contribution < 1.29 is 13.2 Å². The van der Waals surface area contributed by atoms with Gasteiger partial charge in [-0.1, -0.05) is 19.3 Å². The fourth-order valence-electron chi connectivity index (χ4n) is 1.44. The quantitative estimate of drug-likeness (QED) is 0.612. The SMILES string of the molecule is NS(=O)(=O)CCCCCOCCC1CC1. The molecule has 5 heteroatoms. The number of rotatable bonds is 9. The smallest absolute Gasteiger partial charge is 0.209 e. The van der Waals surface area contributed by atoms with Gasteiger partial charge in [-0.2, -0.15) is 0 Å². The summed E-state index contributed by atoms with van der Waals surface area (Å²) in [5, 5.41) is 4.88. The Bertz CT molecular complexity index is 260. The van der Waals surface area contributed by atoms with Crippen LogP contribution in [0.15, 0.2) is 0 Å². The first-order valence-corrected chi connectivity index (χ1v) is 7.38. The lowest BCUT2D eigenvalue weighted by Gasteiger charge is -2.03. The van der Waals surface area contributed by atoms with Gasteiger partial charge in [0.05, 0.1) is 5.75 Å². The molecule has 0 aromatic heterocycles. The van der Waals surface area contributed by atoms with E-state index < -0.39 is 10.0 Å². The minimum atomic E-state index is -3.27. The second-order valence-electron chi connectivity index (χ2n) is 4.27. The van der Waals surface area contributed by atoms with E-state index in [0.29, 0.717) is 6.42 Å². The van der Waals surface area contributed by atoms with E-state index in [2.05, 4.69) is 0 Å². The molecule has 0 amide bonds. The molecule has 1 aliphatic carbocycles. The highest BCUT2D eigenvalue weighted by Gasteiger charge is 2.20. The molecule has 15 heavy (non-hydrogen) atoms. The molecule has 0 unspecified atom stereocenters. The zero-order valence-electron chi connectivity index (χ0n) is 9.15. The van der Waals surface area contributed by atoms with Crippen molar-refractivity contribution in [2.75, 3.05) is 19.0 Å². The highest BCUT2D eigenvalue weighted by atomic mass is 32.2. The Morgan fingerprint density at radius 3 is 2.47 bits per heavy atom. The number of ether oxygens (including phenoxy) is 1. The van der Waals surface area contributed by atoms with E-state index >= 15 is 0 Å². The van der Waals surface area contributed by atoms with Crippen LogP contribution >= 0.6 is 0 Å². The minimum absolute atomic E-state index is 0.0923. The third kappa shape index (κ3) is 8.84. The highest BCUT2D eigenvalue weighted by molar-refractivity contribution is 7.89. The maximum Gasteiger partial charge on any atom is 0.209 e. The average molecular weight is 235 g/mol. The van der Waals surface area contributed by atoms with Gasteiger partial charge >= 0.3 is 0 Å². The van der Waals surface area contributed by atoms with E-state index in [1.165, 1.54) is 19.3 Å². The summed E-state index contributed by atoms with van der Waals surface area (Å²) in [4.78, 5) is 0. The van der Waals surface area contributed by atoms with Gasteiger partial charge in [-0.15, -0.1) is 0 Å². The molecule has 0 saturated heterocycles. The van der Waals surface area contributed by atoms with E-state index in [0.717, 1.165) is 32.0 Å². The number of hydrogen-bond acceptors (Lipinski definition) is 3. The Morgan fingerprint density at radius 2 is 1.87 bits per heavy atom. The van der Waals surface area contributed by atoms with Crippen molar-refractivity contribution in [3.8, 4) is 0 Å². The fraction of sp³-hybridized carbons (Fsp3) is 1.00. The third-order valence-electron chi connectivity index (χ3n) is 2.58. The molecule has 0 atom stereocenters. The van der Waals surface area contributed by atoms with Gasteiger partial charge in [-0.05, 0) is 25.2 Å². The molecule has 90 valence electrons. The van der Waals surface area contributed by atoms with Gasteiger partial charge in [-0.25, -0.2) is 13.6 Å². The Hall–Kier alpha value is -0.130. The predicted molar refractivity (Wildman–Crippen MR) is 60.0 cm³/mol. The van der Waals surface area contributed by atoms with Crippen LogP contribution in [-0.4, -0.2) is 27.4 Å². The molecule has 1 fully saturated rings. The molecule has 2 N–H and O–H groups in total. The first kappa shape index (κ1) is 12.9. The summed E-state index contributed by atoms with van der Waals surface area (Å²) in [5.74, 6) is 1.02. The van der Waals surface area contributed by atoms with Crippen LogP contribution in [0.2, 0.25) is 0 Å². The predicted octanol–water partition coefficient (Wildman–Crippen LogP) is 1.26. The van der Waals surface area contributed by atoms with E-state index in [-0.39, 0.29) is 5.75 Å². The topological polar surface area (TPSA) is 69.4 Å². The summed E-state index contributed by atoms with van der Waals surface area (Å²) in [5.41, 5.74) is 0. The summed E-state index contributed by atoms with van der Waals surface area (Å²) in [6.45, 7) is 1.61. The normalized spacial score (nSPS) is 16.9. The van der Waals surface area contributed by atoms with E-state index in [4.69, 9.17) is 9.88 Å². The van der Waals surface area contributed by atoms with Crippen molar-refractivity contribution in [3.63, 3.8) is 0 Å². The summed E-state index contributed by atoms with van der Waals surface area (Å²) in [7, 11) is -3.27. The lowest BCUT2D eigenvalue weighted by molar-refractivity contribution is 0.124. The van der Waals surface area contributed by atoms with Crippen LogP contribution in [-0.2, 0) is 14.8 Å². The van der Waals surface area contributed by atoms with Gasteiger partial charge in [0.1, 0.15) is 0 Å². The second-order valence-corrected chi connectivity index (χ2v) is 6.01. The van der Waals surface area contributed by atoms with Gasteiger partial charge in [0, 0.05) is 13.2 Å². The van der Waals surface area contributed by atoms with Crippen LogP contribution in [0.5, 0.6) is 0 Å². The molecule has 0 radical (unpaired) electrons. The Morgan fingerprint density at radius 1 is 1.13 bits per heavy atom. The molecule has 0 heterocycles. The number of primary sulfonamides is 1. The lowest BCUT2D eigenvalue weighted by Crippen LogP contribution is -2.16. The minimum Gasteiger partial charge on any atom is -0.381 e. The van der Waals surface area contributed by atoms with Crippen molar-refractivity contribution in [1.29, 1.82) is 0 Å². The Kier molecular flexibility index (Phi) is 5.56. The number of unbranched alkanes of at least 4 members (excludes halogenated alkanes) is 2. The molecule has 0 aromatic carbocycles. The van der Waals surface area contributed by atoms with Crippen molar-refractivity contribution in [2.24, 2.45) is 11.1 Å². The van der Waals surface area contributed by atoms with Gasteiger partial charge in [0.2, 0.25) is 10.0 Å². The molecule has 0 bridgehead atoms. The van der Waals surface area contributed by atoms with E-state index in [9.17, 15) is 8.42 Å². The Balaban J connectivity index is 1.76. The molecule has 0 aromatic rings. The second kappa shape index (κ2) is 6.45. The first-order chi connectivity index (χ1) is 7.08. The van der Waals surface area contributed by atoms with Crippen LogP contribution in [0.3, 0.4) is 0 Å². The third-order valence-corrected chi connectivity index (χ3v) is 3.44. The van der Waals surface area contributed by atoms with Crippen molar-refractivity contribution in [1.82, 2.24) is 0 Å². The van der Waals surface area contributed by atoms with Crippen LogP contribution in [0.25, 0.3) is 0 Å². The molecular weight excluding hydrogens is 214 g/mol. The molecular formula is C10H21NO3S. The Labute approximate surface area is 92.2 Å². The first-order valence-electron chi connectivity index (χ1n) is 5.66. The van der Waals surface area contributed by atoms with E-state index in [1.807, 2.05) is 0 Å². The van der Waals surface area contributed by atoms with Crippen molar-refractivity contribution in [3.05, 3.63) is 0 Å². The standard InChI is InChI=1S/C10H21NO3S/c11-15(12,13)9-3-1-2-7-14-8-6-10-4-5-10/h10H,1-9H2,(H2,11,12,13). The molecule has 1 rings (SSSR count). The number of nitrogens with two attached hydrogens (primary N) is 1. The van der Waals surface area contributed by atoms with Crippen molar-refractivity contribution >= 4 is 10.0 Å². The summed E-state index contributed by atoms with van der Waals surface area (Å²) >= 11 is 0. The van der Waals surface area contributed by atoms with Crippen LogP contribution in [0.1, 0.15) is 38.5 Å². The lowest BCUT2D eigenvalue weighted by atomic mass is 10.2. The molecule has 1 saturated carbocycles. The zero-order chi connectivity index (χ0) is 11.1. The number of sulfonamides is 1.